The van der Waals surface area contributed by atoms with E-state index >= 15 is 0 Å². The maximum atomic E-state index is 10.6. The third-order valence-electron chi connectivity index (χ3n) is 1.14. The summed E-state index contributed by atoms with van der Waals surface area (Å²) in [5, 5.41) is 9.51. The summed E-state index contributed by atoms with van der Waals surface area (Å²) in [4.78, 5) is 35.3. The summed E-state index contributed by atoms with van der Waals surface area (Å²) in [7, 11) is 0. The molecule has 0 saturated carbocycles. The van der Waals surface area contributed by atoms with Gasteiger partial charge in [-0.3, -0.25) is 19.3 Å². The lowest BCUT2D eigenvalue weighted by Crippen LogP contribution is -2.39. The standard InChI is InChI=1S/C6H9NO5.3CH4/c1-4(8)7(5(2)9)3-6(10)12-11;;;/h11H,3H2,1-2H3;3*1H4/p-1. The van der Waals surface area contributed by atoms with E-state index in [0.29, 0.717) is 4.90 Å². The molecule has 0 aromatic carbocycles. The van der Waals surface area contributed by atoms with Crippen LogP contribution >= 0.6 is 0 Å². The van der Waals surface area contributed by atoms with Crippen LogP contribution in [0, 0.1) is 0 Å². The minimum absolute atomic E-state index is 0. The fourth-order valence-electron chi connectivity index (χ4n) is 0.600. The lowest BCUT2D eigenvalue weighted by atomic mass is 10.4. The third kappa shape index (κ3) is 8.89. The summed E-state index contributed by atoms with van der Waals surface area (Å²) < 4.78 is 0. The predicted octanol–water partition coefficient (Wildman–Crippen LogP) is 0.108. The van der Waals surface area contributed by atoms with Crippen LogP contribution in [0.4, 0.5) is 0 Å². The Morgan fingerprint density at radius 2 is 1.40 bits per heavy atom. The van der Waals surface area contributed by atoms with Crippen molar-refractivity contribution < 1.29 is 24.5 Å². The number of imide groups is 1. The van der Waals surface area contributed by atoms with Crippen molar-refractivity contribution >= 4 is 17.8 Å². The Bertz CT molecular complexity index is 201. The van der Waals surface area contributed by atoms with E-state index in [-0.39, 0.29) is 22.3 Å². The van der Waals surface area contributed by atoms with Gasteiger partial charge in [0.05, 0.1) is 0 Å². The summed E-state index contributed by atoms with van der Waals surface area (Å²) >= 11 is 0. The molecule has 0 heterocycles. The largest absolute Gasteiger partial charge is 0.662 e. The van der Waals surface area contributed by atoms with Crippen molar-refractivity contribution in [3.63, 3.8) is 0 Å². The molecule has 0 aromatic heterocycles. The molecule has 92 valence electrons. The molecule has 0 bridgehead atoms. The van der Waals surface area contributed by atoms with Gasteiger partial charge >= 0.3 is 5.97 Å². The molecule has 6 heteroatoms. The van der Waals surface area contributed by atoms with Crippen LogP contribution in [0.3, 0.4) is 0 Å². The van der Waals surface area contributed by atoms with Crippen LogP contribution in [0.2, 0.25) is 0 Å². The van der Waals surface area contributed by atoms with Crippen molar-refractivity contribution in [2.45, 2.75) is 36.1 Å². The molecule has 0 spiro atoms. The third-order valence-corrected chi connectivity index (χ3v) is 1.14. The van der Waals surface area contributed by atoms with Crippen molar-refractivity contribution in [2.75, 3.05) is 6.54 Å². The molecular formula is C9H20NO5-. The van der Waals surface area contributed by atoms with Crippen LogP contribution in [-0.2, 0) is 19.3 Å². The lowest BCUT2D eigenvalue weighted by Gasteiger charge is -2.16. The van der Waals surface area contributed by atoms with E-state index in [1.54, 1.807) is 0 Å². The SMILES string of the molecule is C.C.C.CC(=O)N(CC(=O)O[O-])C(C)=O. The van der Waals surface area contributed by atoms with E-state index in [1.807, 2.05) is 0 Å². The Labute approximate surface area is 90.8 Å². The van der Waals surface area contributed by atoms with Gasteiger partial charge in [-0.15, -0.1) is 0 Å². The molecule has 0 N–H and O–H groups in total. The van der Waals surface area contributed by atoms with Crippen LogP contribution in [-0.4, -0.2) is 29.2 Å². The summed E-state index contributed by atoms with van der Waals surface area (Å²) in [6, 6.07) is 0. The maximum absolute atomic E-state index is 10.6. The molecule has 0 atom stereocenters. The number of nitrogens with zero attached hydrogens (tertiary/aromatic N) is 1. The van der Waals surface area contributed by atoms with Gasteiger partial charge in [-0.2, -0.15) is 0 Å². The molecule has 0 aliphatic carbocycles. The molecule has 0 saturated heterocycles. The number of carbonyl (C=O) groups excluding carboxylic acids is 3. The molecule has 0 aliphatic rings. The minimum atomic E-state index is -1.17. The van der Waals surface area contributed by atoms with Gasteiger partial charge < -0.3 is 10.1 Å². The van der Waals surface area contributed by atoms with Crippen LogP contribution in [0.15, 0.2) is 0 Å². The number of rotatable bonds is 2. The van der Waals surface area contributed by atoms with E-state index in [1.165, 1.54) is 0 Å². The highest BCUT2D eigenvalue weighted by Crippen LogP contribution is 1.90. The summed E-state index contributed by atoms with van der Waals surface area (Å²) in [6.45, 7) is 1.59. The Morgan fingerprint density at radius 1 is 1.07 bits per heavy atom. The minimum Gasteiger partial charge on any atom is -0.662 e. The molecule has 0 unspecified atom stereocenters. The first-order valence-electron chi connectivity index (χ1n) is 3.10. The Balaban J connectivity index is -0.000000202. The number of amides is 2. The maximum Gasteiger partial charge on any atom is 0.320 e. The van der Waals surface area contributed by atoms with Crippen LogP contribution in [0.5, 0.6) is 0 Å². The van der Waals surface area contributed by atoms with Gasteiger partial charge in [0.1, 0.15) is 6.54 Å². The molecule has 15 heavy (non-hydrogen) atoms. The fraction of sp³-hybridized carbons (Fsp3) is 0.667. The molecular weight excluding hydrogens is 202 g/mol. The molecule has 0 aromatic rings. The zero-order valence-electron chi connectivity index (χ0n) is 6.70. The van der Waals surface area contributed by atoms with Crippen LogP contribution in [0.1, 0.15) is 36.1 Å². The van der Waals surface area contributed by atoms with Crippen molar-refractivity contribution in [3.8, 4) is 0 Å². The van der Waals surface area contributed by atoms with Gasteiger partial charge in [-0.05, 0) is 0 Å². The first-order chi connectivity index (χ1) is 5.49. The topological polar surface area (TPSA) is 86.7 Å². The second kappa shape index (κ2) is 10.6. The molecule has 0 radical (unpaired) electrons. The van der Waals surface area contributed by atoms with E-state index in [0.717, 1.165) is 13.8 Å². The Morgan fingerprint density at radius 3 is 1.60 bits per heavy atom. The van der Waals surface area contributed by atoms with Gasteiger partial charge in [0, 0.05) is 13.8 Å². The van der Waals surface area contributed by atoms with E-state index in [4.69, 9.17) is 0 Å². The average Bonchev–Trinajstić information content (AvgIpc) is 1.98. The van der Waals surface area contributed by atoms with Gasteiger partial charge in [0.25, 0.3) is 0 Å². The molecule has 0 rings (SSSR count). The van der Waals surface area contributed by atoms with Crippen molar-refractivity contribution in [2.24, 2.45) is 0 Å². The second-order valence-corrected chi connectivity index (χ2v) is 2.08. The fourth-order valence-corrected chi connectivity index (χ4v) is 0.600. The van der Waals surface area contributed by atoms with Gasteiger partial charge in [-0.1, -0.05) is 22.3 Å². The quantitative estimate of drug-likeness (QED) is 0.488. The number of hydrogen-bond acceptors (Lipinski definition) is 5. The van der Waals surface area contributed by atoms with E-state index in [2.05, 4.69) is 4.89 Å². The van der Waals surface area contributed by atoms with Crippen LogP contribution in [0.25, 0.3) is 0 Å². The van der Waals surface area contributed by atoms with Crippen molar-refractivity contribution in [1.82, 2.24) is 4.90 Å². The second-order valence-electron chi connectivity index (χ2n) is 2.08. The predicted molar refractivity (Wildman–Crippen MR) is 54.4 cm³/mol. The first kappa shape index (κ1) is 23.4. The molecule has 6 nitrogen and oxygen atoms in total. The number of carbonyl (C=O) groups is 3. The first-order valence-corrected chi connectivity index (χ1v) is 3.10. The highest BCUT2D eigenvalue weighted by molar-refractivity contribution is 5.96. The number of hydrogen-bond donors (Lipinski definition) is 0. The van der Waals surface area contributed by atoms with E-state index in [9.17, 15) is 19.6 Å². The summed E-state index contributed by atoms with van der Waals surface area (Å²) in [5.41, 5.74) is 0. The molecule has 0 aliphatic heterocycles. The lowest BCUT2D eigenvalue weighted by molar-refractivity contribution is -0.657. The highest BCUT2D eigenvalue weighted by Gasteiger charge is 2.16. The van der Waals surface area contributed by atoms with Gasteiger partial charge in [0.15, 0.2) is 0 Å². The Kier molecular flexibility index (Phi) is 16.6. The summed E-state index contributed by atoms with van der Waals surface area (Å²) in [6.07, 6.45) is 0. The monoisotopic (exact) mass is 222 g/mol. The van der Waals surface area contributed by atoms with Crippen molar-refractivity contribution in [3.05, 3.63) is 0 Å². The normalized spacial score (nSPS) is 7.13. The van der Waals surface area contributed by atoms with Gasteiger partial charge in [0.2, 0.25) is 11.8 Å². The average molecular weight is 222 g/mol. The van der Waals surface area contributed by atoms with Crippen molar-refractivity contribution in [1.29, 1.82) is 0 Å². The highest BCUT2D eigenvalue weighted by atomic mass is 17.1. The smallest absolute Gasteiger partial charge is 0.320 e. The van der Waals surface area contributed by atoms with E-state index < -0.39 is 24.3 Å². The zero-order valence-corrected chi connectivity index (χ0v) is 6.70. The zero-order chi connectivity index (χ0) is 9.72. The summed E-state index contributed by atoms with van der Waals surface area (Å²) in [5.74, 6) is -2.37. The van der Waals surface area contributed by atoms with Crippen LogP contribution < -0.4 is 5.26 Å². The molecule has 2 amide bonds. The Hall–Kier alpha value is -1.43. The molecule has 0 fully saturated rings. The van der Waals surface area contributed by atoms with Gasteiger partial charge in [-0.25, -0.2) is 0 Å².